The van der Waals surface area contributed by atoms with E-state index in [9.17, 15) is 18.8 Å². The molecule has 3 fully saturated rings. The van der Waals surface area contributed by atoms with E-state index in [1.54, 1.807) is 24.1 Å². The highest BCUT2D eigenvalue weighted by molar-refractivity contribution is 7.98. The van der Waals surface area contributed by atoms with Gasteiger partial charge in [0, 0.05) is 35.6 Å². The fourth-order valence-electron chi connectivity index (χ4n) is 6.30. The van der Waals surface area contributed by atoms with Crippen molar-refractivity contribution in [3.63, 3.8) is 0 Å². The van der Waals surface area contributed by atoms with Crippen LogP contribution in [-0.2, 0) is 14.4 Å². The highest BCUT2D eigenvalue weighted by Crippen LogP contribution is 2.46. The number of aromatic nitrogens is 1. The molecule has 6 rings (SSSR count). The first-order valence-electron chi connectivity index (χ1n) is 18.0. The van der Waals surface area contributed by atoms with Crippen LogP contribution in [0.15, 0.2) is 30.4 Å². The quantitative estimate of drug-likeness (QED) is 0.265. The number of hydrogen-bond donors (Lipinski definition) is 3. The summed E-state index contributed by atoms with van der Waals surface area (Å²) in [6.07, 6.45) is 13.4. The lowest BCUT2D eigenvalue weighted by Crippen LogP contribution is -2.69. The third kappa shape index (κ3) is 9.60. The second-order valence-corrected chi connectivity index (χ2v) is 14.4. The van der Waals surface area contributed by atoms with E-state index in [1.165, 1.54) is 25.1 Å². The lowest BCUT2D eigenvalue weighted by Gasteiger charge is -2.27. The Morgan fingerprint density at radius 2 is 1.86 bits per heavy atom. The zero-order chi connectivity index (χ0) is 36.4. The summed E-state index contributed by atoms with van der Waals surface area (Å²) in [6.45, 7) is 8.38. The molecule has 4 atom stereocenters. The first-order valence-corrected chi connectivity index (χ1v) is 18.9. The number of rotatable bonds is 7. The number of amides is 3. The van der Waals surface area contributed by atoms with Crippen LogP contribution < -0.4 is 30.0 Å². The van der Waals surface area contributed by atoms with Gasteiger partial charge >= 0.3 is 0 Å². The molecule has 1 saturated heterocycles. The maximum atomic E-state index is 13.7. The number of carbonyl (C=O) groups excluding carboxylic acids is 3. The van der Waals surface area contributed by atoms with Crippen molar-refractivity contribution in [1.29, 1.82) is 0 Å². The monoisotopic (exact) mass is 716 g/mol. The summed E-state index contributed by atoms with van der Waals surface area (Å²) < 4.78 is 32.6. The third-order valence-corrected chi connectivity index (χ3v) is 10.3. The number of carbonyl (C=O) groups is 3. The maximum absolute atomic E-state index is 13.7. The molecule has 5 N–H and O–H groups in total. The van der Waals surface area contributed by atoms with Crippen molar-refractivity contribution < 1.29 is 38.7 Å². The molecule has 50 heavy (non-hydrogen) atoms. The zero-order valence-corrected chi connectivity index (χ0v) is 31.2. The summed E-state index contributed by atoms with van der Waals surface area (Å²) in [6, 6.07) is 3.83. The van der Waals surface area contributed by atoms with Crippen LogP contribution in [0.25, 0.3) is 10.9 Å². The van der Waals surface area contributed by atoms with Gasteiger partial charge in [0.1, 0.15) is 22.8 Å². The van der Waals surface area contributed by atoms with Crippen molar-refractivity contribution >= 4 is 40.6 Å². The molecule has 1 aromatic heterocycles. The van der Waals surface area contributed by atoms with E-state index in [0.29, 0.717) is 47.2 Å². The number of methoxy groups -OCH3 is 2. The molecule has 276 valence electrons. The molecular formula is C37H55FN5O6S+. The van der Waals surface area contributed by atoms with Gasteiger partial charge in [-0.2, -0.15) is 0 Å². The van der Waals surface area contributed by atoms with Crippen molar-refractivity contribution in [3.8, 4) is 17.4 Å². The summed E-state index contributed by atoms with van der Waals surface area (Å²) in [5.41, 5.74) is 3.58. The van der Waals surface area contributed by atoms with E-state index in [4.69, 9.17) is 14.2 Å². The summed E-state index contributed by atoms with van der Waals surface area (Å²) in [4.78, 5) is 45.0. The third-order valence-electron chi connectivity index (χ3n) is 9.19. The van der Waals surface area contributed by atoms with Gasteiger partial charge in [0.15, 0.2) is 17.6 Å². The van der Waals surface area contributed by atoms with Crippen molar-refractivity contribution in [2.24, 2.45) is 5.92 Å². The Balaban J connectivity index is 0.000000232. The number of hydrogen-bond acceptors (Lipinski definition) is 8. The van der Waals surface area contributed by atoms with Crippen LogP contribution in [0, 0.1) is 11.7 Å². The van der Waals surface area contributed by atoms with Gasteiger partial charge in [-0.1, -0.05) is 32.4 Å². The van der Waals surface area contributed by atoms with Crippen LogP contribution in [0.2, 0.25) is 0 Å². The van der Waals surface area contributed by atoms with E-state index < -0.39 is 17.4 Å². The minimum atomic E-state index is -0.864. The molecule has 2 unspecified atom stereocenters. The van der Waals surface area contributed by atoms with Crippen LogP contribution in [0.5, 0.6) is 17.4 Å². The maximum Gasteiger partial charge on any atom is 0.281 e. The smallest absolute Gasteiger partial charge is 0.281 e. The van der Waals surface area contributed by atoms with E-state index in [1.807, 2.05) is 27.7 Å². The van der Waals surface area contributed by atoms with Crippen LogP contribution in [0.3, 0.4) is 0 Å². The molecule has 0 radical (unpaired) electrons. The second kappa shape index (κ2) is 18.1. The van der Waals surface area contributed by atoms with Gasteiger partial charge in [-0.15, -0.1) is 0 Å². The van der Waals surface area contributed by atoms with E-state index in [2.05, 4.69) is 32.9 Å². The second-order valence-electron chi connectivity index (χ2n) is 13.3. The number of nitrogens with one attached hydrogen (secondary N) is 2. The highest BCUT2D eigenvalue weighted by Gasteiger charge is 2.61. The molecular weight excluding hydrogens is 662 g/mol. The number of benzene rings is 1. The molecule has 0 bridgehead atoms. The number of allylic oxidation sites excluding steroid dienone is 1. The van der Waals surface area contributed by atoms with Gasteiger partial charge in [0.2, 0.25) is 11.8 Å². The van der Waals surface area contributed by atoms with Crippen molar-refractivity contribution in [2.45, 2.75) is 121 Å². The number of quaternary nitrogens is 1. The number of nitrogens with zero attached hydrogens (tertiary/aromatic N) is 2. The van der Waals surface area contributed by atoms with Gasteiger partial charge in [0.05, 0.1) is 20.3 Å². The lowest BCUT2D eigenvalue weighted by atomic mass is 10.1. The van der Waals surface area contributed by atoms with E-state index in [0.717, 1.165) is 51.4 Å². The molecule has 11 nitrogen and oxygen atoms in total. The van der Waals surface area contributed by atoms with Crippen molar-refractivity contribution in [1.82, 2.24) is 19.9 Å². The average molecular weight is 717 g/mol. The molecule has 3 amide bonds. The lowest BCUT2D eigenvalue weighted by molar-refractivity contribution is -0.407. The number of halogens is 1. The van der Waals surface area contributed by atoms with Gasteiger partial charge in [-0.05, 0) is 89.3 Å². The predicted molar refractivity (Wildman–Crippen MR) is 193 cm³/mol. The van der Waals surface area contributed by atoms with E-state index >= 15 is 0 Å². The number of pyridine rings is 1. The Labute approximate surface area is 299 Å². The Morgan fingerprint density at radius 3 is 2.54 bits per heavy atom. The summed E-state index contributed by atoms with van der Waals surface area (Å²) in [5.74, 6) is 0.278. The number of ether oxygens (including phenoxy) is 3. The van der Waals surface area contributed by atoms with Crippen molar-refractivity contribution in [3.05, 3.63) is 36.2 Å². The highest BCUT2D eigenvalue weighted by atomic mass is 32.2. The fourth-order valence-corrected chi connectivity index (χ4v) is 7.13. The molecule has 2 aromatic rings. The normalized spacial score (nSPS) is 25.6. The molecule has 0 spiro atoms. The molecule has 4 aliphatic rings. The largest absolute Gasteiger partial charge is 0.496 e. The number of fused-ring (bicyclic) bond motifs is 3. The van der Waals surface area contributed by atoms with Crippen LogP contribution in [0.4, 0.5) is 4.39 Å². The average Bonchev–Trinajstić information content (AvgIpc) is 4.01. The predicted octanol–water partition coefficient (Wildman–Crippen LogP) is 5.11. The summed E-state index contributed by atoms with van der Waals surface area (Å²) in [7, 11) is 2.95. The Kier molecular flexibility index (Phi) is 14.2. The van der Waals surface area contributed by atoms with Gasteiger partial charge in [0.25, 0.3) is 11.8 Å². The molecule has 3 heterocycles. The molecule has 2 aliphatic heterocycles. The summed E-state index contributed by atoms with van der Waals surface area (Å²) in [5, 5.41) is 4.25. The first-order chi connectivity index (χ1) is 24.1. The van der Waals surface area contributed by atoms with Gasteiger partial charge in [-0.25, -0.2) is 9.37 Å². The van der Waals surface area contributed by atoms with Crippen LogP contribution in [0.1, 0.15) is 91.9 Å². The topological polar surface area (TPSA) is 147 Å². The van der Waals surface area contributed by atoms with Crippen molar-refractivity contribution in [2.75, 3.05) is 20.8 Å². The first kappa shape index (κ1) is 39.2. The molecule has 2 saturated carbocycles. The Morgan fingerprint density at radius 1 is 1.10 bits per heavy atom. The van der Waals surface area contributed by atoms with Crippen LogP contribution in [-0.4, -0.2) is 77.3 Å². The standard InChI is InChI=1S/C21H32N4O3S.C14H16FNO3.C2H6/c22-16-8-5-3-1-2-4-7-14-13-21(14,20(28)24-29-15-10-11-15)23-18(26)17-9-6-12-25(17)19(16)27;1-8(2)19-12-7-11(17-3)9-5-6-10(15)14(18-4)13(9)16-12;1-2/h4,7,14-17H,1-3,5-6,8-13,22H2,(H,23,26)(H,24,28);5-8H,1-4H3;1-2H3/p+1/b7-4-;;/t14?,16-,17?,21+;;/m0../s1. The van der Waals surface area contributed by atoms with E-state index in [-0.39, 0.29) is 41.5 Å². The Hall–Kier alpha value is -3.58. The van der Waals surface area contributed by atoms with Gasteiger partial charge < -0.3 is 30.2 Å². The minimum Gasteiger partial charge on any atom is -0.496 e. The summed E-state index contributed by atoms with van der Waals surface area (Å²) >= 11 is 1.48. The molecule has 1 aromatic carbocycles. The molecule has 2 aliphatic carbocycles. The Bertz CT molecular complexity index is 1520. The zero-order valence-electron chi connectivity index (χ0n) is 30.4. The molecule has 13 heteroatoms. The SMILES string of the molecule is CC.COc1cc(OC(C)C)nc2c(OC)c(F)ccc12.[NH3+][C@H]1CCCCC/C=C\C2C[C@@]2(C(=O)NSC2CC2)NC(=O)C2CCCN2C1=O. The fraction of sp³-hybridized carbons (Fsp3) is 0.622. The minimum absolute atomic E-state index is 0.0224. The van der Waals surface area contributed by atoms with Gasteiger partial charge in [-0.3, -0.25) is 19.1 Å². The van der Waals surface area contributed by atoms with Crippen LogP contribution >= 0.6 is 11.9 Å².